The highest BCUT2D eigenvalue weighted by Crippen LogP contribution is 2.22. The van der Waals surface area contributed by atoms with Gasteiger partial charge in [-0.25, -0.2) is 0 Å². The maximum absolute atomic E-state index is 11.6. The van der Waals surface area contributed by atoms with E-state index in [1.54, 1.807) is 0 Å². The van der Waals surface area contributed by atoms with Gasteiger partial charge in [0.1, 0.15) is 0 Å². The van der Waals surface area contributed by atoms with Gasteiger partial charge in [0.2, 0.25) is 0 Å². The van der Waals surface area contributed by atoms with Gasteiger partial charge in [0.05, 0.1) is 0 Å². The normalized spacial score (nSPS) is 16.5. The van der Waals surface area contributed by atoms with Crippen LogP contribution in [0, 0.1) is 0 Å². The second-order valence-corrected chi connectivity index (χ2v) is 4.64. The van der Waals surface area contributed by atoms with Gasteiger partial charge in [-0.15, -0.1) is 0 Å². The van der Waals surface area contributed by atoms with Crippen molar-refractivity contribution in [1.82, 2.24) is 0 Å². The Morgan fingerprint density at radius 2 is 1.87 bits per heavy atom. The molecule has 1 saturated carbocycles. The van der Waals surface area contributed by atoms with Crippen LogP contribution in [0.2, 0.25) is 0 Å². The van der Waals surface area contributed by atoms with E-state index in [0.29, 0.717) is 5.78 Å². The van der Waals surface area contributed by atoms with Crippen molar-refractivity contribution in [2.45, 2.75) is 71.1 Å². The van der Waals surface area contributed by atoms with Crippen LogP contribution in [0.1, 0.15) is 71.1 Å². The Hall–Kier alpha value is -0.590. The maximum Gasteiger partial charge on any atom is 0.155 e. The summed E-state index contributed by atoms with van der Waals surface area (Å²) >= 11 is 0. The van der Waals surface area contributed by atoms with Crippen LogP contribution in [0.3, 0.4) is 0 Å². The van der Waals surface area contributed by atoms with Gasteiger partial charge in [-0.2, -0.15) is 0 Å². The number of hydrogen-bond donors (Lipinski definition) is 0. The molecule has 15 heavy (non-hydrogen) atoms. The molecule has 86 valence electrons. The second-order valence-electron chi connectivity index (χ2n) is 4.64. The lowest BCUT2D eigenvalue weighted by molar-refractivity contribution is -0.114. The molecule has 0 spiro atoms. The first kappa shape index (κ1) is 12.5. The summed E-state index contributed by atoms with van der Waals surface area (Å²) in [5.41, 5.74) is 1.40. The van der Waals surface area contributed by atoms with Crippen molar-refractivity contribution < 1.29 is 4.79 Å². The number of unbranched alkanes of at least 4 members (excludes halogenated alkanes) is 3. The highest BCUT2D eigenvalue weighted by molar-refractivity contribution is 5.90. The topological polar surface area (TPSA) is 17.1 Å². The largest absolute Gasteiger partial charge is 0.295 e. The number of rotatable bonds is 6. The molecule has 0 aromatic rings. The lowest BCUT2D eigenvalue weighted by Gasteiger charge is -2.12. The van der Waals surface area contributed by atoms with Crippen molar-refractivity contribution in [2.24, 2.45) is 0 Å². The number of hydrogen-bond acceptors (Lipinski definition) is 1. The third-order valence-corrected chi connectivity index (χ3v) is 3.14. The molecule has 0 aromatic heterocycles. The van der Waals surface area contributed by atoms with E-state index in [0.717, 1.165) is 12.8 Å². The summed E-state index contributed by atoms with van der Waals surface area (Å²) in [6.45, 7) is 2.20. The molecule has 0 saturated heterocycles. The zero-order valence-electron chi connectivity index (χ0n) is 10.1. The number of ketones is 1. The molecule has 1 fully saturated rings. The Morgan fingerprint density at radius 3 is 2.53 bits per heavy atom. The summed E-state index contributed by atoms with van der Waals surface area (Å²) in [4.78, 5) is 11.6. The Labute approximate surface area is 93.9 Å². The zero-order chi connectivity index (χ0) is 10.9. The summed E-state index contributed by atoms with van der Waals surface area (Å²) in [6, 6.07) is 0. The van der Waals surface area contributed by atoms with Gasteiger partial charge in [0, 0.05) is 6.42 Å². The van der Waals surface area contributed by atoms with Crippen LogP contribution in [0.25, 0.3) is 0 Å². The molecule has 0 amide bonds. The fourth-order valence-corrected chi connectivity index (χ4v) is 2.18. The molecule has 1 aliphatic carbocycles. The van der Waals surface area contributed by atoms with Gasteiger partial charge < -0.3 is 0 Å². The second kappa shape index (κ2) is 7.67. The van der Waals surface area contributed by atoms with E-state index in [1.165, 1.54) is 56.9 Å². The maximum atomic E-state index is 11.6. The van der Waals surface area contributed by atoms with Crippen LogP contribution in [-0.4, -0.2) is 5.78 Å². The monoisotopic (exact) mass is 208 g/mol. The summed E-state index contributed by atoms with van der Waals surface area (Å²) in [5.74, 6) is 0.364. The first-order valence-corrected chi connectivity index (χ1v) is 6.55. The van der Waals surface area contributed by atoms with Crippen molar-refractivity contribution in [3.8, 4) is 0 Å². The van der Waals surface area contributed by atoms with Crippen LogP contribution < -0.4 is 0 Å². The molecule has 0 bridgehead atoms. The predicted octanol–water partition coefficient (Wildman–Crippen LogP) is 4.42. The van der Waals surface area contributed by atoms with Gasteiger partial charge >= 0.3 is 0 Å². The van der Waals surface area contributed by atoms with Gasteiger partial charge in [-0.3, -0.25) is 4.79 Å². The quantitative estimate of drug-likeness (QED) is 0.466. The summed E-state index contributed by atoms with van der Waals surface area (Å²) in [5, 5.41) is 0. The molecule has 1 rings (SSSR count). The van der Waals surface area contributed by atoms with E-state index in [2.05, 4.69) is 6.92 Å². The molecule has 1 heteroatoms. The fraction of sp³-hybridized carbons (Fsp3) is 0.786. The van der Waals surface area contributed by atoms with Crippen molar-refractivity contribution in [3.05, 3.63) is 11.6 Å². The van der Waals surface area contributed by atoms with Gasteiger partial charge in [0.25, 0.3) is 0 Å². The summed E-state index contributed by atoms with van der Waals surface area (Å²) in [7, 11) is 0. The van der Waals surface area contributed by atoms with Crippen LogP contribution >= 0.6 is 0 Å². The van der Waals surface area contributed by atoms with Crippen molar-refractivity contribution in [3.63, 3.8) is 0 Å². The van der Waals surface area contributed by atoms with Gasteiger partial charge in [0.15, 0.2) is 5.78 Å². The molecular formula is C14H24O. The molecule has 1 aliphatic rings. The van der Waals surface area contributed by atoms with Crippen molar-refractivity contribution >= 4 is 5.78 Å². The Balaban J connectivity index is 2.16. The van der Waals surface area contributed by atoms with Crippen molar-refractivity contribution in [1.29, 1.82) is 0 Å². The van der Waals surface area contributed by atoms with Gasteiger partial charge in [-0.05, 0) is 38.2 Å². The zero-order valence-corrected chi connectivity index (χ0v) is 10.1. The SMILES string of the molecule is CCCCCCC(=O)C=C1CCCCC1. The lowest BCUT2D eigenvalue weighted by atomic mass is 9.93. The highest BCUT2D eigenvalue weighted by atomic mass is 16.1. The summed E-state index contributed by atoms with van der Waals surface area (Å²) < 4.78 is 0. The molecule has 0 aliphatic heterocycles. The molecule has 0 atom stereocenters. The van der Waals surface area contributed by atoms with Crippen LogP contribution in [0.4, 0.5) is 0 Å². The van der Waals surface area contributed by atoms with Crippen LogP contribution in [0.5, 0.6) is 0 Å². The molecule has 0 heterocycles. The Morgan fingerprint density at radius 1 is 1.13 bits per heavy atom. The van der Waals surface area contributed by atoms with E-state index >= 15 is 0 Å². The van der Waals surface area contributed by atoms with Crippen LogP contribution in [0.15, 0.2) is 11.6 Å². The average Bonchev–Trinajstić information content (AvgIpc) is 2.26. The van der Waals surface area contributed by atoms with Crippen molar-refractivity contribution in [2.75, 3.05) is 0 Å². The van der Waals surface area contributed by atoms with E-state index in [9.17, 15) is 4.79 Å². The number of carbonyl (C=O) groups is 1. The number of carbonyl (C=O) groups excluding carboxylic acids is 1. The van der Waals surface area contributed by atoms with E-state index in [4.69, 9.17) is 0 Å². The Kier molecular flexibility index (Phi) is 6.38. The molecular weight excluding hydrogens is 184 g/mol. The minimum absolute atomic E-state index is 0.364. The molecule has 0 N–H and O–H groups in total. The third-order valence-electron chi connectivity index (χ3n) is 3.14. The standard InChI is InChI=1S/C14H24O/c1-2-3-4-8-11-14(15)12-13-9-6-5-7-10-13/h12H,2-11H2,1H3. The molecule has 0 radical (unpaired) electrons. The van der Waals surface area contributed by atoms with Gasteiger partial charge in [-0.1, -0.05) is 38.2 Å². The molecule has 0 unspecified atom stereocenters. The lowest BCUT2D eigenvalue weighted by Crippen LogP contribution is -1.99. The van der Waals surface area contributed by atoms with Crippen LogP contribution in [-0.2, 0) is 4.79 Å². The number of allylic oxidation sites excluding steroid dienone is 2. The Bertz CT molecular complexity index is 207. The minimum atomic E-state index is 0.364. The predicted molar refractivity (Wildman–Crippen MR) is 64.9 cm³/mol. The van der Waals surface area contributed by atoms with E-state index in [-0.39, 0.29) is 0 Å². The van der Waals surface area contributed by atoms with E-state index < -0.39 is 0 Å². The summed E-state index contributed by atoms with van der Waals surface area (Å²) in [6.07, 6.45) is 13.8. The van der Waals surface area contributed by atoms with E-state index in [1.807, 2.05) is 6.08 Å². The minimum Gasteiger partial charge on any atom is -0.295 e. The fourth-order valence-electron chi connectivity index (χ4n) is 2.18. The highest BCUT2D eigenvalue weighted by Gasteiger charge is 2.07. The average molecular weight is 208 g/mol. The molecule has 1 nitrogen and oxygen atoms in total. The third kappa shape index (κ3) is 5.76. The molecule has 0 aromatic carbocycles. The first-order valence-electron chi connectivity index (χ1n) is 6.55. The smallest absolute Gasteiger partial charge is 0.155 e. The first-order chi connectivity index (χ1) is 7.33.